The molecule has 0 aromatic carbocycles. The first kappa shape index (κ1) is 15.9. The maximum atomic E-state index is 11.9. The molecular formula is C15H24N4O2. The van der Waals surface area contributed by atoms with Gasteiger partial charge in [0.1, 0.15) is 5.82 Å². The monoisotopic (exact) mass is 292 g/mol. The second-order valence-electron chi connectivity index (χ2n) is 5.11. The summed E-state index contributed by atoms with van der Waals surface area (Å²) >= 11 is 0. The molecule has 1 aliphatic rings. The minimum atomic E-state index is -0.374. The van der Waals surface area contributed by atoms with Crippen molar-refractivity contribution in [2.24, 2.45) is 0 Å². The van der Waals surface area contributed by atoms with Crippen LogP contribution in [-0.4, -0.2) is 54.1 Å². The molecule has 1 aliphatic heterocycles. The van der Waals surface area contributed by atoms with E-state index in [9.17, 15) is 4.79 Å². The summed E-state index contributed by atoms with van der Waals surface area (Å²) in [6.07, 6.45) is 1.59. The number of carbonyl (C=O) groups is 1. The molecule has 0 fully saturated rings. The number of fused-ring (bicyclic) bond motifs is 1. The molecule has 1 aromatic rings. The molecule has 1 N–H and O–H groups in total. The van der Waals surface area contributed by atoms with E-state index in [0.29, 0.717) is 12.2 Å². The average molecular weight is 292 g/mol. The summed E-state index contributed by atoms with van der Waals surface area (Å²) in [6, 6.07) is 0. The minimum absolute atomic E-state index is 0.374. The highest BCUT2D eigenvalue weighted by Crippen LogP contribution is 2.17. The molecule has 1 aromatic heterocycles. The molecule has 0 spiro atoms. The molecule has 0 unspecified atom stereocenters. The predicted octanol–water partition coefficient (Wildman–Crippen LogP) is 0.793. The van der Waals surface area contributed by atoms with Gasteiger partial charge in [-0.15, -0.1) is 0 Å². The number of rotatable bonds is 6. The molecule has 0 saturated carbocycles. The third-order valence-electron chi connectivity index (χ3n) is 3.90. The van der Waals surface area contributed by atoms with Crippen LogP contribution >= 0.6 is 0 Å². The Morgan fingerprint density at radius 3 is 2.76 bits per heavy atom. The van der Waals surface area contributed by atoms with Crippen molar-refractivity contribution in [2.75, 3.05) is 33.3 Å². The maximum absolute atomic E-state index is 11.9. The summed E-state index contributed by atoms with van der Waals surface area (Å²) in [6.45, 7) is 8.73. The fourth-order valence-corrected chi connectivity index (χ4v) is 2.57. The summed E-state index contributed by atoms with van der Waals surface area (Å²) in [5, 5.41) is 3.25. The van der Waals surface area contributed by atoms with Crippen LogP contribution in [0.4, 0.5) is 0 Å². The largest absolute Gasteiger partial charge is 0.464 e. The van der Waals surface area contributed by atoms with Crippen LogP contribution in [0, 0.1) is 0 Å². The molecule has 0 amide bonds. The highest BCUT2D eigenvalue weighted by atomic mass is 16.5. The number of likely N-dealkylation sites (N-methyl/N-ethyl adjacent to an activating group) is 1. The molecule has 21 heavy (non-hydrogen) atoms. The number of ether oxygens (including phenoxy) is 1. The van der Waals surface area contributed by atoms with Crippen molar-refractivity contribution in [3.63, 3.8) is 0 Å². The molecule has 6 heteroatoms. The zero-order valence-corrected chi connectivity index (χ0v) is 13.1. The standard InChI is InChI=1S/C15H24N4O2/c1-4-19(5-2)9-7-13-17-12-6-8-16-10-11(12)14(18-13)15(20)21-3/h16H,4-10H2,1-3H3. The first-order chi connectivity index (χ1) is 10.2. The normalized spacial score (nSPS) is 14.1. The first-order valence-corrected chi connectivity index (χ1v) is 7.59. The van der Waals surface area contributed by atoms with Crippen molar-refractivity contribution in [1.29, 1.82) is 0 Å². The van der Waals surface area contributed by atoms with Gasteiger partial charge in [-0.1, -0.05) is 13.8 Å². The van der Waals surface area contributed by atoms with E-state index in [2.05, 4.69) is 34.0 Å². The van der Waals surface area contributed by atoms with Gasteiger partial charge in [-0.2, -0.15) is 0 Å². The molecule has 0 radical (unpaired) electrons. The van der Waals surface area contributed by atoms with Gasteiger partial charge in [-0.05, 0) is 13.1 Å². The van der Waals surface area contributed by atoms with Crippen molar-refractivity contribution in [2.45, 2.75) is 33.2 Å². The Balaban J connectivity index is 2.24. The third-order valence-corrected chi connectivity index (χ3v) is 3.90. The van der Waals surface area contributed by atoms with Gasteiger partial charge in [-0.25, -0.2) is 14.8 Å². The van der Waals surface area contributed by atoms with Crippen LogP contribution in [0.15, 0.2) is 0 Å². The lowest BCUT2D eigenvalue weighted by molar-refractivity contribution is 0.0591. The molecule has 116 valence electrons. The Hall–Kier alpha value is -1.53. The number of carbonyl (C=O) groups excluding carboxylic acids is 1. The zero-order valence-electron chi connectivity index (χ0n) is 13.1. The van der Waals surface area contributed by atoms with Crippen molar-refractivity contribution >= 4 is 5.97 Å². The van der Waals surface area contributed by atoms with Crippen LogP contribution in [0.5, 0.6) is 0 Å². The van der Waals surface area contributed by atoms with E-state index in [-0.39, 0.29) is 5.97 Å². The van der Waals surface area contributed by atoms with E-state index >= 15 is 0 Å². The quantitative estimate of drug-likeness (QED) is 0.782. The number of hydrogen-bond acceptors (Lipinski definition) is 6. The molecule has 0 saturated heterocycles. The van der Waals surface area contributed by atoms with E-state index < -0.39 is 0 Å². The lowest BCUT2D eigenvalue weighted by Crippen LogP contribution is -2.30. The molecule has 2 heterocycles. The van der Waals surface area contributed by atoms with Crippen LogP contribution < -0.4 is 5.32 Å². The zero-order chi connectivity index (χ0) is 15.2. The minimum Gasteiger partial charge on any atom is -0.464 e. The smallest absolute Gasteiger partial charge is 0.357 e. The van der Waals surface area contributed by atoms with Gasteiger partial charge in [0.15, 0.2) is 5.69 Å². The van der Waals surface area contributed by atoms with E-state index in [1.165, 1.54) is 7.11 Å². The maximum Gasteiger partial charge on any atom is 0.357 e. The van der Waals surface area contributed by atoms with Crippen molar-refractivity contribution in [3.8, 4) is 0 Å². The van der Waals surface area contributed by atoms with E-state index in [1.54, 1.807) is 0 Å². The van der Waals surface area contributed by atoms with Gasteiger partial charge in [0.2, 0.25) is 0 Å². The number of esters is 1. The van der Waals surface area contributed by atoms with Crippen molar-refractivity contribution in [3.05, 3.63) is 22.8 Å². The van der Waals surface area contributed by atoms with Gasteiger partial charge in [-0.3, -0.25) is 0 Å². The number of nitrogens with zero attached hydrogens (tertiary/aromatic N) is 3. The Kier molecular flexibility index (Phi) is 5.64. The van der Waals surface area contributed by atoms with Crippen LogP contribution in [-0.2, 0) is 24.1 Å². The second kappa shape index (κ2) is 7.47. The van der Waals surface area contributed by atoms with Gasteiger partial charge >= 0.3 is 5.97 Å². The van der Waals surface area contributed by atoms with E-state index in [4.69, 9.17) is 4.74 Å². The number of nitrogens with one attached hydrogen (secondary N) is 1. The van der Waals surface area contributed by atoms with Crippen LogP contribution in [0.2, 0.25) is 0 Å². The third kappa shape index (κ3) is 3.77. The summed E-state index contributed by atoms with van der Waals surface area (Å²) in [5.74, 6) is 0.365. The molecular weight excluding hydrogens is 268 g/mol. The Labute approximate surface area is 125 Å². The van der Waals surface area contributed by atoms with Gasteiger partial charge in [0.25, 0.3) is 0 Å². The lowest BCUT2D eigenvalue weighted by Gasteiger charge is -2.20. The number of aromatic nitrogens is 2. The fourth-order valence-electron chi connectivity index (χ4n) is 2.57. The Bertz CT molecular complexity index is 501. The first-order valence-electron chi connectivity index (χ1n) is 7.59. The molecule has 0 bridgehead atoms. The van der Waals surface area contributed by atoms with Gasteiger partial charge < -0.3 is 15.0 Å². The van der Waals surface area contributed by atoms with E-state index in [0.717, 1.165) is 56.1 Å². The summed E-state index contributed by atoms with van der Waals surface area (Å²) < 4.78 is 4.86. The fraction of sp³-hybridized carbons (Fsp3) is 0.667. The summed E-state index contributed by atoms with van der Waals surface area (Å²) in [4.78, 5) is 23.3. The summed E-state index contributed by atoms with van der Waals surface area (Å²) in [7, 11) is 1.39. The van der Waals surface area contributed by atoms with Crippen LogP contribution in [0.3, 0.4) is 0 Å². The number of methoxy groups -OCH3 is 1. The van der Waals surface area contributed by atoms with E-state index in [1.807, 2.05) is 0 Å². The summed E-state index contributed by atoms with van der Waals surface area (Å²) in [5.41, 5.74) is 2.29. The molecule has 0 atom stereocenters. The number of hydrogen-bond donors (Lipinski definition) is 1. The van der Waals surface area contributed by atoms with Gasteiger partial charge in [0, 0.05) is 38.0 Å². The SMILES string of the molecule is CCN(CC)CCc1nc2c(c(C(=O)OC)n1)CNCC2. The highest BCUT2D eigenvalue weighted by Gasteiger charge is 2.22. The molecule has 2 rings (SSSR count). The molecule has 0 aliphatic carbocycles. The Morgan fingerprint density at radius 2 is 2.10 bits per heavy atom. The van der Waals surface area contributed by atoms with Gasteiger partial charge in [0.05, 0.1) is 12.8 Å². The average Bonchev–Trinajstić information content (AvgIpc) is 2.54. The second-order valence-corrected chi connectivity index (χ2v) is 5.11. The van der Waals surface area contributed by atoms with Crippen molar-refractivity contribution in [1.82, 2.24) is 20.2 Å². The topological polar surface area (TPSA) is 67.4 Å². The van der Waals surface area contributed by atoms with Crippen LogP contribution in [0.1, 0.15) is 41.4 Å². The highest BCUT2D eigenvalue weighted by molar-refractivity contribution is 5.89. The predicted molar refractivity (Wildman–Crippen MR) is 80.3 cm³/mol. The lowest BCUT2D eigenvalue weighted by atomic mass is 10.0. The van der Waals surface area contributed by atoms with Crippen LogP contribution in [0.25, 0.3) is 0 Å². The molecule has 6 nitrogen and oxygen atoms in total. The van der Waals surface area contributed by atoms with Crippen molar-refractivity contribution < 1.29 is 9.53 Å². The Morgan fingerprint density at radius 1 is 1.33 bits per heavy atom.